The van der Waals surface area contributed by atoms with E-state index in [9.17, 15) is 4.79 Å². The zero-order chi connectivity index (χ0) is 20.5. The van der Waals surface area contributed by atoms with Crippen molar-refractivity contribution in [1.29, 1.82) is 0 Å². The van der Waals surface area contributed by atoms with Crippen LogP contribution in [0.2, 0.25) is 0 Å². The molecule has 156 valence electrons. The predicted octanol–water partition coefficient (Wildman–Crippen LogP) is 2.40. The Labute approximate surface area is 173 Å². The third-order valence-corrected chi connectivity index (χ3v) is 5.35. The molecule has 0 radical (unpaired) electrons. The number of piperazine rings is 1. The number of ether oxygens (including phenoxy) is 2. The summed E-state index contributed by atoms with van der Waals surface area (Å²) in [6.45, 7) is 7.75. The van der Waals surface area contributed by atoms with Gasteiger partial charge in [-0.3, -0.25) is 14.6 Å². The SMILES string of the molecule is COc1cccc(CNC(=O)C(C)N2CCN(CCOc3ccccc3)CC2)c1. The molecule has 1 aliphatic rings. The van der Waals surface area contributed by atoms with E-state index in [0.29, 0.717) is 13.2 Å². The topological polar surface area (TPSA) is 54.0 Å². The van der Waals surface area contributed by atoms with Gasteiger partial charge in [0.25, 0.3) is 0 Å². The fraction of sp³-hybridized carbons (Fsp3) is 0.435. The van der Waals surface area contributed by atoms with E-state index in [2.05, 4.69) is 15.1 Å². The van der Waals surface area contributed by atoms with Gasteiger partial charge in [-0.25, -0.2) is 0 Å². The fourth-order valence-electron chi connectivity index (χ4n) is 3.47. The molecule has 0 spiro atoms. The van der Waals surface area contributed by atoms with Crippen LogP contribution >= 0.6 is 0 Å². The summed E-state index contributed by atoms with van der Waals surface area (Å²) in [4.78, 5) is 17.2. The van der Waals surface area contributed by atoms with Crippen molar-refractivity contribution in [2.75, 3.05) is 46.4 Å². The number of para-hydroxylation sites is 1. The van der Waals surface area contributed by atoms with Crippen LogP contribution in [0.3, 0.4) is 0 Å². The number of nitrogens with one attached hydrogen (secondary N) is 1. The van der Waals surface area contributed by atoms with Crippen LogP contribution in [0, 0.1) is 0 Å². The smallest absolute Gasteiger partial charge is 0.237 e. The molecule has 2 aromatic rings. The number of benzene rings is 2. The molecule has 6 heteroatoms. The molecule has 0 saturated carbocycles. The van der Waals surface area contributed by atoms with E-state index in [1.165, 1.54) is 0 Å². The Hall–Kier alpha value is -2.57. The van der Waals surface area contributed by atoms with Crippen molar-refractivity contribution in [3.63, 3.8) is 0 Å². The van der Waals surface area contributed by atoms with Gasteiger partial charge in [-0.2, -0.15) is 0 Å². The van der Waals surface area contributed by atoms with Crippen LogP contribution in [0.25, 0.3) is 0 Å². The maximum atomic E-state index is 12.6. The Balaban J connectivity index is 1.36. The summed E-state index contributed by atoms with van der Waals surface area (Å²) in [5.74, 6) is 1.78. The zero-order valence-corrected chi connectivity index (χ0v) is 17.3. The molecule has 3 rings (SSSR count). The van der Waals surface area contributed by atoms with Gasteiger partial charge in [-0.15, -0.1) is 0 Å². The van der Waals surface area contributed by atoms with Crippen LogP contribution in [0.1, 0.15) is 12.5 Å². The van der Waals surface area contributed by atoms with Crippen molar-refractivity contribution in [2.24, 2.45) is 0 Å². The van der Waals surface area contributed by atoms with Gasteiger partial charge >= 0.3 is 0 Å². The minimum atomic E-state index is -0.136. The lowest BCUT2D eigenvalue weighted by Crippen LogP contribution is -2.54. The second kappa shape index (κ2) is 10.8. The normalized spacial score (nSPS) is 16.2. The molecule has 1 unspecified atom stereocenters. The van der Waals surface area contributed by atoms with E-state index in [-0.39, 0.29) is 11.9 Å². The molecule has 29 heavy (non-hydrogen) atoms. The average Bonchev–Trinajstić information content (AvgIpc) is 2.78. The molecule has 2 aromatic carbocycles. The van der Waals surface area contributed by atoms with E-state index < -0.39 is 0 Å². The van der Waals surface area contributed by atoms with E-state index in [4.69, 9.17) is 9.47 Å². The number of hydrogen-bond donors (Lipinski definition) is 1. The Morgan fingerprint density at radius 3 is 2.48 bits per heavy atom. The monoisotopic (exact) mass is 397 g/mol. The van der Waals surface area contributed by atoms with E-state index in [1.807, 2.05) is 61.5 Å². The molecular weight excluding hydrogens is 366 g/mol. The second-order valence-corrected chi connectivity index (χ2v) is 7.28. The van der Waals surface area contributed by atoms with Gasteiger partial charge in [-0.05, 0) is 36.8 Å². The van der Waals surface area contributed by atoms with Gasteiger partial charge in [0.2, 0.25) is 5.91 Å². The molecule has 1 heterocycles. The number of hydrogen-bond acceptors (Lipinski definition) is 5. The zero-order valence-electron chi connectivity index (χ0n) is 17.3. The number of amides is 1. The summed E-state index contributed by atoms with van der Waals surface area (Å²) < 4.78 is 11.0. The molecule has 0 aromatic heterocycles. The second-order valence-electron chi connectivity index (χ2n) is 7.28. The van der Waals surface area contributed by atoms with Crippen LogP contribution in [-0.4, -0.2) is 68.2 Å². The van der Waals surface area contributed by atoms with Crippen molar-refractivity contribution in [2.45, 2.75) is 19.5 Å². The average molecular weight is 398 g/mol. The van der Waals surface area contributed by atoms with Gasteiger partial charge in [0, 0.05) is 39.3 Å². The quantitative estimate of drug-likeness (QED) is 0.704. The predicted molar refractivity (Wildman–Crippen MR) is 114 cm³/mol. The van der Waals surface area contributed by atoms with Gasteiger partial charge in [0.05, 0.1) is 13.2 Å². The number of carbonyl (C=O) groups is 1. The van der Waals surface area contributed by atoms with Crippen molar-refractivity contribution >= 4 is 5.91 Å². The number of methoxy groups -OCH3 is 1. The Bertz CT molecular complexity index is 761. The fourth-order valence-corrected chi connectivity index (χ4v) is 3.47. The van der Waals surface area contributed by atoms with Crippen LogP contribution in [0.5, 0.6) is 11.5 Å². The lowest BCUT2D eigenvalue weighted by molar-refractivity contribution is -0.126. The van der Waals surface area contributed by atoms with Crippen molar-refractivity contribution in [1.82, 2.24) is 15.1 Å². The van der Waals surface area contributed by atoms with Gasteiger partial charge in [0.15, 0.2) is 0 Å². The molecule has 1 N–H and O–H groups in total. The number of nitrogens with zero attached hydrogens (tertiary/aromatic N) is 2. The van der Waals surface area contributed by atoms with E-state index in [1.54, 1.807) is 7.11 Å². The molecule has 1 atom stereocenters. The first-order valence-corrected chi connectivity index (χ1v) is 10.2. The molecule has 1 aliphatic heterocycles. The highest BCUT2D eigenvalue weighted by Gasteiger charge is 2.25. The molecule has 6 nitrogen and oxygen atoms in total. The van der Waals surface area contributed by atoms with Crippen LogP contribution in [0.15, 0.2) is 54.6 Å². The summed E-state index contributed by atoms with van der Waals surface area (Å²) in [6, 6.07) is 17.5. The largest absolute Gasteiger partial charge is 0.497 e. The Morgan fingerprint density at radius 2 is 1.76 bits per heavy atom. The van der Waals surface area contributed by atoms with Gasteiger partial charge in [-0.1, -0.05) is 30.3 Å². The Morgan fingerprint density at radius 1 is 1.03 bits per heavy atom. The highest BCUT2D eigenvalue weighted by Crippen LogP contribution is 2.13. The van der Waals surface area contributed by atoms with Gasteiger partial charge < -0.3 is 14.8 Å². The molecular formula is C23H31N3O3. The molecule has 0 bridgehead atoms. The van der Waals surface area contributed by atoms with Crippen molar-refractivity contribution in [3.8, 4) is 11.5 Å². The first-order chi connectivity index (χ1) is 14.2. The standard InChI is InChI=1S/C23H31N3O3/c1-19(23(27)24-18-20-7-6-10-22(17-20)28-2)26-13-11-25(12-14-26)15-16-29-21-8-4-3-5-9-21/h3-10,17,19H,11-16,18H2,1-2H3,(H,24,27). The summed E-state index contributed by atoms with van der Waals surface area (Å²) >= 11 is 0. The van der Waals surface area contributed by atoms with Gasteiger partial charge in [0.1, 0.15) is 18.1 Å². The lowest BCUT2D eigenvalue weighted by Gasteiger charge is -2.37. The maximum Gasteiger partial charge on any atom is 0.237 e. The van der Waals surface area contributed by atoms with Crippen molar-refractivity contribution < 1.29 is 14.3 Å². The summed E-state index contributed by atoms with van der Waals surface area (Å²) in [5.41, 5.74) is 1.04. The summed E-state index contributed by atoms with van der Waals surface area (Å²) in [5, 5.41) is 3.04. The summed E-state index contributed by atoms with van der Waals surface area (Å²) in [7, 11) is 1.65. The lowest BCUT2D eigenvalue weighted by atomic mass is 10.2. The molecule has 1 fully saturated rings. The van der Waals surface area contributed by atoms with Crippen molar-refractivity contribution in [3.05, 3.63) is 60.2 Å². The van der Waals surface area contributed by atoms with E-state index in [0.717, 1.165) is 49.8 Å². The van der Waals surface area contributed by atoms with Crippen LogP contribution < -0.4 is 14.8 Å². The number of carbonyl (C=O) groups excluding carboxylic acids is 1. The first-order valence-electron chi connectivity index (χ1n) is 10.2. The minimum Gasteiger partial charge on any atom is -0.497 e. The third kappa shape index (κ3) is 6.48. The van der Waals surface area contributed by atoms with E-state index >= 15 is 0 Å². The highest BCUT2D eigenvalue weighted by molar-refractivity contribution is 5.81. The first kappa shape index (κ1) is 21.1. The maximum absolute atomic E-state index is 12.6. The minimum absolute atomic E-state index is 0.0636. The van der Waals surface area contributed by atoms with Crippen LogP contribution in [-0.2, 0) is 11.3 Å². The highest BCUT2D eigenvalue weighted by atomic mass is 16.5. The molecule has 1 saturated heterocycles. The Kier molecular flexibility index (Phi) is 7.90. The molecule has 0 aliphatic carbocycles. The number of rotatable bonds is 9. The third-order valence-electron chi connectivity index (χ3n) is 5.35. The summed E-state index contributed by atoms with van der Waals surface area (Å²) in [6.07, 6.45) is 0. The van der Waals surface area contributed by atoms with Crippen LogP contribution in [0.4, 0.5) is 0 Å². The molecule has 1 amide bonds.